The van der Waals surface area contributed by atoms with Crippen LogP contribution in [0.3, 0.4) is 0 Å². The molecular weight excluding hydrogens is 799 g/mol. The third kappa shape index (κ3) is 8.94. The fourth-order valence-corrected chi connectivity index (χ4v) is 9.75. The van der Waals surface area contributed by atoms with Crippen LogP contribution in [0.4, 0.5) is 20.2 Å². The van der Waals surface area contributed by atoms with Gasteiger partial charge in [0.15, 0.2) is 11.4 Å². The monoisotopic (exact) mass is 852 g/mol. The van der Waals surface area contributed by atoms with Crippen molar-refractivity contribution in [3.05, 3.63) is 76.6 Å². The first-order valence-electron chi connectivity index (χ1n) is 22.0. The fourth-order valence-electron chi connectivity index (χ4n) is 9.75. The Hall–Kier alpha value is -5.71. The van der Waals surface area contributed by atoms with E-state index in [1.165, 1.54) is 29.9 Å². The highest BCUT2D eigenvalue weighted by Crippen LogP contribution is 2.37. The summed E-state index contributed by atoms with van der Waals surface area (Å²) in [5, 5.41) is 9.24. The number of amides is 3. The fraction of sp³-hybridized carbons (Fsp3) is 0.533. The number of alkyl halides is 2. The smallest absolute Gasteiger partial charge is 0.329 e. The van der Waals surface area contributed by atoms with Gasteiger partial charge in [-0.2, -0.15) is 5.10 Å². The molecule has 0 spiro atoms. The van der Waals surface area contributed by atoms with Crippen molar-refractivity contribution in [1.82, 2.24) is 39.1 Å². The van der Waals surface area contributed by atoms with Crippen LogP contribution in [0.2, 0.25) is 0 Å². The van der Waals surface area contributed by atoms with Gasteiger partial charge in [-0.15, -0.1) is 0 Å². The van der Waals surface area contributed by atoms with E-state index in [1.54, 1.807) is 28.6 Å². The van der Waals surface area contributed by atoms with E-state index in [4.69, 9.17) is 4.42 Å². The van der Waals surface area contributed by atoms with Gasteiger partial charge in [0.25, 0.3) is 12.3 Å². The van der Waals surface area contributed by atoms with Gasteiger partial charge in [-0.25, -0.2) is 18.6 Å². The quantitative estimate of drug-likeness (QED) is 0.115. The number of hydrogen-bond acceptors (Lipinski definition) is 10. The molecule has 4 fully saturated rings. The molecule has 0 radical (unpaired) electrons. The number of piperidine rings is 2. The van der Waals surface area contributed by atoms with Crippen molar-refractivity contribution in [1.29, 1.82) is 0 Å². The van der Waals surface area contributed by atoms with E-state index in [0.29, 0.717) is 29.3 Å². The van der Waals surface area contributed by atoms with Crippen LogP contribution >= 0.6 is 0 Å². The molecule has 4 aromatic heterocycles. The number of carbonyl (C=O) groups is 3. The van der Waals surface area contributed by atoms with Gasteiger partial charge in [-0.1, -0.05) is 12.8 Å². The van der Waals surface area contributed by atoms with Gasteiger partial charge in [0.1, 0.15) is 12.3 Å². The summed E-state index contributed by atoms with van der Waals surface area (Å²) in [5.41, 5.74) is 3.37. The molecule has 5 aromatic rings. The lowest BCUT2D eigenvalue weighted by atomic mass is 9.85. The van der Waals surface area contributed by atoms with Gasteiger partial charge >= 0.3 is 5.69 Å². The Morgan fingerprint density at radius 3 is 2.42 bits per heavy atom. The molecule has 6 heterocycles. The minimum Gasteiger partial charge on any atom is -0.444 e. The summed E-state index contributed by atoms with van der Waals surface area (Å²) in [7, 11) is 3.90. The molecule has 1 unspecified atom stereocenters. The molecule has 3 amide bonds. The second kappa shape index (κ2) is 17.6. The highest BCUT2D eigenvalue weighted by Gasteiger charge is 2.33. The van der Waals surface area contributed by atoms with E-state index < -0.39 is 30.0 Å². The number of hydrogen-bond donors (Lipinski definition) is 2. The maximum Gasteiger partial charge on any atom is 0.329 e. The number of pyridine rings is 1. The SMILES string of the molecule is CN(CC1CCC(n2cc(NC(=O)c3coc(-c4ccnc(CCC5CC5)c4)n3)c(C(F)F)n2)CC1)CC1CCN(c2ccc3c(c2)n(C)c(=O)n3C2CCC(=O)NC2=O)CC1. The van der Waals surface area contributed by atoms with Gasteiger partial charge < -0.3 is 19.5 Å². The molecule has 328 valence electrons. The third-order valence-corrected chi connectivity index (χ3v) is 13.4. The lowest BCUT2D eigenvalue weighted by Gasteiger charge is -2.37. The Bertz CT molecular complexity index is 2510. The Balaban J connectivity index is 0.745. The first kappa shape index (κ1) is 41.6. The molecule has 1 aromatic carbocycles. The largest absolute Gasteiger partial charge is 0.444 e. The van der Waals surface area contributed by atoms with Crippen molar-refractivity contribution in [3.8, 4) is 11.5 Å². The summed E-state index contributed by atoms with van der Waals surface area (Å²) in [6.45, 7) is 3.75. The molecule has 4 aliphatic rings. The topological polar surface area (TPSA) is 165 Å². The maximum absolute atomic E-state index is 14.2. The number of nitrogens with one attached hydrogen (secondary N) is 2. The molecule has 17 heteroatoms. The van der Waals surface area contributed by atoms with Crippen LogP contribution in [0.15, 0.2) is 58.2 Å². The number of fused-ring (bicyclic) bond motifs is 1. The predicted octanol–water partition coefficient (Wildman–Crippen LogP) is 6.68. The number of benzene rings is 1. The molecule has 1 atom stereocenters. The first-order chi connectivity index (χ1) is 30.0. The summed E-state index contributed by atoms with van der Waals surface area (Å²) < 4.78 is 38.7. The highest BCUT2D eigenvalue weighted by molar-refractivity contribution is 6.03. The van der Waals surface area contributed by atoms with Crippen molar-refractivity contribution in [2.45, 2.75) is 95.6 Å². The minimum atomic E-state index is -2.86. The molecule has 62 heavy (non-hydrogen) atoms. The molecule has 0 bridgehead atoms. The number of aryl methyl sites for hydroxylation is 2. The summed E-state index contributed by atoms with van der Waals surface area (Å²) in [6.07, 6.45) is 12.2. The number of carbonyl (C=O) groups excluding carboxylic acids is 3. The zero-order valence-electron chi connectivity index (χ0n) is 35.3. The van der Waals surface area contributed by atoms with E-state index in [9.17, 15) is 28.0 Å². The number of oxazole rings is 1. The van der Waals surface area contributed by atoms with E-state index in [-0.39, 0.29) is 41.3 Å². The molecule has 2 aliphatic carbocycles. The summed E-state index contributed by atoms with van der Waals surface area (Å²) in [5.74, 6) is 0.697. The maximum atomic E-state index is 14.2. The van der Waals surface area contributed by atoms with E-state index in [1.807, 2.05) is 24.3 Å². The van der Waals surface area contributed by atoms with E-state index in [2.05, 4.69) is 42.5 Å². The second-order valence-electron chi connectivity index (χ2n) is 17.9. The van der Waals surface area contributed by atoms with Crippen molar-refractivity contribution >= 4 is 40.1 Å². The van der Waals surface area contributed by atoms with Crippen LogP contribution in [-0.2, 0) is 23.1 Å². The Morgan fingerprint density at radius 1 is 0.952 bits per heavy atom. The Labute approximate surface area is 357 Å². The lowest BCUT2D eigenvalue weighted by Crippen LogP contribution is -2.44. The number of imide groups is 1. The van der Waals surface area contributed by atoms with E-state index in [0.717, 1.165) is 100 Å². The van der Waals surface area contributed by atoms with Gasteiger partial charge in [0, 0.05) is 69.0 Å². The zero-order valence-corrected chi connectivity index (χ0v) is 35.3. The molecule has 2 saturated carbocycles. The lowest BCUT2D eigenvalue weighted by molar-refractivity contribution is -0.135. The van der Waals surface area contributed by atoms with Gasteiger partial charge in [0.05, 0.1) is 22.8 Å². The van der Waals surface area contributed by atoms with Crippen LogP contribution in [0, 0.1) is 17.8 Å². The van der Waals surface area contributed by atoms with Crippen molar-refractivity contribution in [2.75, 3.05) is 43.4 Å². The third-order valence-electron chi connectivity index (χ3n) is 13.4. The molecule has 2 saturated heterocycles. The molecule has 9 rings (SSSR count). The molecule has 2 N–H and O–H groups in total. The van der Waals surface area contributed by atoms with Gasteiger partial charge in [0.2, 0.25) is 17.7 Å². The number of aromatic nitrogens is 6. The van der Waals surface area contributed by atoms with Crippen molar-refractivity contribution in [3.63, 3.8) is 0 Å². The number of anilines is 2. The number of halogens is 2. The van der Waals surface area contributed by atoms with Crippen LogP contribution in [-0.4, -0.2) is 84.7 Å². The summed E-state index contributed by atoms with van der Waals surface area (Å²) >= 11 is 0. The Kier molecular flexibility index (Phi) is 11.8. The highest BCUT2D eigenvalue weighted by atomic mass is 19.3. The molecule has 15 nitrogen and oxygen atoms in total. The van der Waals surface area contributed by atoms with Crippen molar-refractivity contribution in [2.24, 2.45) is 24.8 Å². The zero-order chi connectivity index (χ0) is 43.1. The average Bonchev–Trinajstić information content (AvgIpc) is 3.68. The van der Waals surface area contributed by atoms with Gasteiger partial charge in [-0.3, -0.25) is 38.5 Å². The van der Waals surface area contributed by atoms with Gasteiger partial charge in [-0.05, 0) is 113 Å². The van der Waals surface area contributed by atoms with Crippen LogP contribution in [0.1, 0.15) is 111 Å². The molecule has 2 aliphatic heterocycles. The van der Waals surface area contributed by atoms with E-state index >= 15 is 0 Å². The normalized spacial score (nSPS) is 21.3. The minimum absolute atomic E-state index is 0.00747. The van der Waals surface area contributed by atoms with Crippen LogP contribution in [0.5, 0.6) is 0 Å². The van der Waals surface area contributed by atoms with Crippen LogP contribution in [0.25, 0.3) is 22.5 Å². The summed E-state index contributed by atoms with van der Waals surface area (Å²) in [6, 6.07) is 8.90. The summed E-state index contributed by atoms with van der Waals surface area (Å²) in [4.78, 5) is 64.4. The van der Waals surface area contributed by atoms with Crippen LogP contribution < -0.4 is 21.2 Å². The number of imidazole rings is 1. The van der Waals surface area contributed by atoms with Crippen molar-refractivity contribution < 1.29 is 27.6 Å². The average molecular weight is 853 g/mol. The number of nitrogens with zero attached hydrogens (tertiary/aromatic N) is 8. The Morgan fingerprint density at radius 2 is 1.69 bits per heavy atom. The number of rotatable bonds is 14. The standard InChI is InChI=1S/C45H54F2N10O5/c1-53(24-29-16-19-55(20-17-29)33-11-12-36-38(22-33)54(2)45(61)57(36)37-13-14-39(58)51-43(37)60)23-28-6-9-32(10-7-28)56-25-34(40(52-56)41(46)47)49-42(59)35-26-62-44(50-35)30-15-18-48-31(21-30)8-5-27-3-4-27/h11-12,15,18,21-22,25-29,32,37,41H,3-10,13-14,16-17,19-20,23-24H2,1-2H3,(H,49,59)(H,51,58,60). The first-order valence-corrected chi connectivity index (χ1v) is 22.0. The predicted molar refractivity (Wildman–Crippen MR) is 228 cm³/mol. The molecular formula is C45H54F2N10O5. The second-order valence-corrected chi connectivity index (χ2v) is 17.9.